The fourth-order valence-electron chi connectivity index (χ4n) is 3.25. The number of amides is 1. The summed E-state index contributed by atoms with van der Waals surface area (Å²) in [5.74, 6) is -0.140. The zero-order chi connectivity index (χ0) is 24.7. The van der Waals surface area contributed by atoms with Gasteiger partial charge in [-0.2, -0.15) is 4.99 Å². The third-order valence-electron chi connectivity index (χ3n) is 4.59. The quantitative estimate of drug-likeness (QED) is 0.321. The van der Waals surface area contributed by atoms with Crippen molar-refractivity contribution >= 4 is 35.2 Å². The number of rotatable bonds is 9. The lowest BCUT2D eigenvalue weighted by Gasteiger charge is -2.38. The first-order valence-electron chi connectivity index (χ1n) is 10.3. The van der Waals surface area contributed by atoms with Gasteiger partial charge in [-0.3, -0.25) is 9.69 Å². The van der Waals surface area contributed by atoms with Crippen molar-refractivity contribution in [2.45, 2.75) is 19.5 Å². The summed E-state index contributed by atoms with van der Waals surface area (Å²) in [4.78, 5) is 32.2. The normalized spacial score (nSPS) is 14.8. The molecule has 0 atom stereocenters. The van der Waals surface area contributed by atoms with Crippen molar-refractivity contribution in [3.05, 3.63) is 60.7 Å². The number of hydrogen-bond donors (Lipinski definition) is 4. The summed E-state index contributed by atoms with van der Waals surface area (Å²) in [6.45, 7) is 4.34. The first-order chi connectivity index (χ1) is 16.1. The second kappa shape index (κ2) is 10.4. The van der Waals surface area contributed by atoms with Crippen molar-refractivity contribution in [2.75, 3.05) is 23.4 Å². The lowest BCUT2D eigenvalue weighted by molar-refractivity contribution is -0.131. The minimum atomic E-state index is -1.19. The zero-order valence-corrected chi connectivity index (χ0v) is 18.8. The molecule has 0 radical (unpaired) electrons. The minimum Gasteiger partial charge on any atom is -0.490 e. The molecule has 3 rings (SSSR count). The first kappa shape index (κ1) is 24.1. The molecule has 2 aromatic carbocycles. The van der Waals surface area contributed by atoms with Crippen LogP contribution in [0.15, 0.2) is 70.7 Å². The highest BCUT2D eigenvalue weighted by Crippen LogP contribution is 2.29. The van der Waals surface area contributed by atoms with Crippen LogP contribution in [0, 0.1) is 0 Å². The van der Waals surface area contributed by atoms with Crippen LogP contribution in [0.25, 0.3) is 0 Å². The molecule has 178 valence electrons. The Morgan fingerprint density at radius 2 is 1.74 bits per heavy atom. The van der Waals surface area contributed by atoms with Crippen LogP contribution in [-0.2, 0) is 9.59 Å². The molecule has 6 N–H and O–H groups in total. The fraction of sp³-hybridized carbons (Fsp3) is 0.217. The minimum absolute atomic E-state index is 0.133. The molecular formula is C23H26N6O5. The van der Waals surface area contributed by atoms with E-state index < -0.39 is 17.5 Å². The van der Waals surface area contributed by atoms with Crippen LogP contribution in [0.2, 0.25) is 0 Å². The van der Waals surface area contributed by atoms with Gasteiger partial charge in [0, 0.05) is 29.6 Å². The molecular weight excluding hydrogens is 440 g/mol. The molecule has 1 heterocycles. The molecule has 11 nitrogen and oxygen atoms in total. The standard InChI is InChI=1S/C23H26N6O5/c1-23(2)28-21(24)27-22(25)29(23)16-4-3-5-18(14-16)34-13-12-33-17-8-6-15(7-9-17)26-19(30)10-11-20(31)32/h3-11,14H,12-13H2,1-2H3,(H,26,30)(H,31,32)(H4,24,25,27,28). The summed E-state index contributed by atoms with van der Waals surface area (Å²) in [6, 6.07) is 14.0. The number of aliphatic imine (C=N–C) groups is 2. The van der Waals surface area contributed by atoms with E-state index in [9.17, 15) is 9.59 Å². The van der Waals surface area contributed by atoms with Gasteiger partial charge in [-0.1, -0.05) is 6.07 Å². The largest absolute Gasteiger partial charge is 0.490 e. The summed E-state index contributed by atoms with van der Waals surface area (Å²) >= 11 is 0. The molecule has 0 fully saturated rings. The van der Waals surface area contributed by atoms with Crippen LogP contribution < -0.4 is 31.2 Å². The maximum Gasteiger partial charge on any atom is 0.328 e. The highest BCUT2D eigenvalue weighted by Gasteiger charge is 2.33. The van der Waals surface area contributed by atoms with E-state index in [2.05, 4.69) is 15.3 Å². The van der Waals surface area contributed by atoms with Crippen molar-refractivity contribution in [1.29, 1.82) is 0 Å². The number of aliphatic carboxylic acids is 1. The number of carboxylic acids is 1. The van der Waals surface area contributed by atoms with Crippen LogP contribution in [0.1, 0.15) is 13.8 Å². The number of hydrogen-bond acceptors (Lipinski definition) is 9. The van der Waals surface area contributed by atoms with Crippen molar-refractivity contribution in [3.63, 3.8) is 0 Å². The molecule has 1 aliphatic heterocycles. The van der Waals surface area contributed by atoms with E-state index in [0.29, 0.717) is 23.8 Å². The summed E-state index contributed by atoms with van der Waals surface area (Å²) < 4.78 is 11.5. The monoisotopic (exact) mass is 466 g/mol. The predicted molar refractivity (Wildman–Crippen MR) is 129 cm³/mol. The summed E-state index contributed by atoms with van der Waals surface area (Å²) in [7, 11) is 0. The molecule has 0 aromatic heterocycles. The average Bonchev–Trinajstić information content (AvgIpc) is 2.75. The van der Waals surface area contributed by atoms with Crippen molar-refractivity contribution in [2.24, 2.45) is 21.5 Å². The number of benzene rings is 2. The van der Waals surface area contributed by atoms with Crippen molar-refractivity contribution < 1.29 is 24.2 Å². The Kier molecular flexibility index (Phi) is 7.36. The SMILES string of the molecule is CC1(C)N=C(N)N=C(N)N1c1cccc(OCCOc2ccc(NC(=O)C=CC(=O)O)cc2)c1. The Bertz CT molecular complexity index is 1140. The topological polar surface area (TPSA) is 165 Å². The van der Waals surface area contributed by atoms with Crippen molar-refractivity contribution in [1.82, 2.24) is 0 Å². The van der Waals surface area contributed by atoms with Gasteiger partial charge in [0.05, 0.1) is 0 Å². The molecule has 11 heteroatoms. The van der Waals surface area contributed by atoms with Gasteiger partial charge in [0.2, 0.25) is 17.8 Å². The van der Waals surface area contributed by atoms with Crippen LogP contribution in [0.4, 0.5) is 11.4 Å². The first-order valence-corrected chi connectivity index (χ1v) is 10.3. The van der Waals surface area contributed by atoms with Crippen LogP contribution in [0.5, 0.6) is 11.5 Å². The zero-order valence-electron chi connectivity index (χ0n) is 18.8. The van der Waals surface area contributed by atoms with Gasteiger partial charge in [-0.05, 0) is 50.2 Å². The molecule has 1 amide bonds. The van der Waals surface area contributed by atoms with Crippen LogP contribution >= 0.6 is 0 Å². The van der Waals surface area contributed by atoms with E-state index in [1.807, 2.05) is 38.1 Å². The van der Waals surface area contributed by atoms with Crippen LogP contribution in [0.3, 0.4) is 0 Å². The molecule has 0 bridgehead atoms. The molecule has 1 aliphatic rings. The Labute approximate surface area is 196 Å². The van der Waals surface area contributed by atoms with E-state index in [1.165, 1.54) is 0 Å². The third kappa shape index (κ3) is 6.48. The second-order valence-electron chi connectivity index (χ2n) is 7.65. The summed E-state index contributed by atoms with van der Waals surface area (Å²) in [5.41, 5.74) is 12.4. The fourth-order valence-corrected chi connectivity index (χ4v) is 3.25. The molecule has 0 unspecified atom stereocenters. The number of carbonyl (C=O) groups is 2. The number of guanidine groups is 2. The summed E-state index contributed by atoms with van der Waals surface area (Å²) in [6.07, 6.45) is 1.71. The molecule has 0 saturated heterocycles. The van der Waals surface area contributed by atoms with E-state index >= 15 is 0 Å². The van der Waals surface area contributed by atoms with Gasteiger partial charge in [0.25, 0.3) is 0 Å². The van der Waals surface area contributed by atoms with Gasteiger partial charge in [-0.15, -0.1) is 0 Å². The van der Waals surface area contributed by atoms with E-state index in [1.54, 1.807) is 29.2 Å². The molecule has 2 aromatic rings. The number of ether oxygens (including phenoxy) is 2. The Balaban J connectivity index is 1.51. The average molecular weight is 466 g/mol. The lowest BCUT2D eigenvalue weighted by atomic mass is 10.1. The Hall–Kier alpha value is -4.54. The third-order valence-corrected chi connectivity index (χ3v) is 4.59. The highest BCUT2D eigenvalue weighted by atomic mass is 16.5. The number of nitrogens with two attached hydrogens (primary N) is 2. The predicted octanol–water partition coefficient (Wildman–Crippen LogP) is 1.91. The van der Waals surface area contributed by atoms with Gasteiger partial charge in [-0.25, -0.2) is 9.79 Å². The maximum atomic E-state index is 11.6. The highest BCUT2D eigenvalue weighted by molar-refractivity contribution is 6.05. The maximum absolute atomic E-state index is 11.6. The van der Waals surface area contributed by atoms with Gasteiger partial charge < -0.3 is 31.4 Å². The van der Waals surface area contributed by atoms with E-state index in [4.69, 9.17) is 26.0 Å². The Morgan fingerprint density at radius 1 is 1.06 bits per heavy atom. The number of nitrogens with zero attached hydrogens (tertiary/aromatic N) is 3. The molecule has 0 spiro atoms. The molecule has 0 aliphatic carbocycles. The molecule has 34 heavy (non-hydrogen) atoms. The number of anilines is 2. The second-order valence-corrected chi connectivity index (χ2v) is 7.65. The molecule has 0 saturated carbocycles. The number of carbonyl (C=O) groups excluding carboxylic acids is 1. The Morgan fingerprint density at radius 3 is 2.38 bits per heavy atom. The van der Waals surface area contributed by atoms with E-state index in [-0.39, 0.29) is 18.5 Å². The number of nitrogens with one attached hydrogen (secondary N) is 1. The lowest BCUT2D eigenvalue weighted by Crippen LogP contribution is -2.54. The smallest absolute Gasteiger partial charge is 0.328 e. The van der Waals surface area contributed by atoms with Gasteiger partial charge in [0.15, 0.2) is 0 Å². The number of carboxylic acid groups (broad SMARTS) is 1. The van der Waals surface area contributed by atoms with Gasteiger partial charge in [0.1, 0.15) is 30.4 Å². The summed E-state index contributed by atoms with van der Waals surface area (Å²) in [5, 5.41) is 11.1. The van der Waals surface area contributed by atoms with Crippen molar-refractivity contribution in [3.8, 4) is 11.5 Å². The van der Waals surface area contributed by atoms with E-state index in [0.717, 1.165) is 17.8 Å². The van der Waals surface area contributed by atoms with Crippen LogP contribution in [-0.4, -0.2) is 47.8 Å². The van der Waals surface area contributed by atoms with Gasteiger partial charge >= 0.3 is 5.97 Å².